The Morgan fingerprint density at radius 1 is 1.44 bits per heavy atom. The van der Waals surface area contributed by atoms with Gasteiger partial charge in [0.15, 0.2) is 0 Å². The molecule has 0 atom stereocenters. The molecule has 0 saturated carbocycles. The van der Waals surface area contributed by atoms with Crippen LogP contribution in [0.15, 0.2) is 0 Å². The van der Waals surface area contributed by atoms with Crippen molar-refractivity contribution in [1.29, 1.82) is 0 Å². The average Bonchev–Trinajstić information content (AvgIpc) is 1.80. The van der Waals surface area contributed by atoms with Gasteiger partial charge in [0, 0.05) is 17.3 Å². The summed E-state index contributed by atoms with van der Waals surface area (Å²) in [5, 5.41) is 1.73. The first-order valence-corrected chi connectivity index (χ1v) is 6.00. The predicted octanol–water partition coefficient (Wildman–Crippen LogP) is 3.03. The molecule has 0 bridgehead atoms. The summed E-state index contributed by atoms with van der Waals surface area (Å²) in [6.07, 6.45) is 0. The van der Waals surface area contributed by atoms with Crippen molar-refractivity contribution in [2.24, 2.45) is 0 Å². The Labute approximate surface area is 69.3 Å². The van der Waals surface area contributed by atoms with Gasteiger partial charge in [-0.25, -0.2) is 0 Å². The normalized spacial score (nSPS) is 10.7. The Morgan fingerprint density at radius 2 is 2.11 bits per heavy atom. The third kappa shape index (κ3) is 9.01. The van der Waals surface area contributed by atoms with E-state index in [1.807, 2.05) is 21.6 Å². The summed E-state index contributed by atoms with van der Waals surface area (Å²) in [4.78, 5) is 0. The van der Waals surface area contributed by atoms with E-state index in [4.69, 9.17) is 4.18 Å². The second-order valence-corrected chi connectivity index (χ2v) is 5.83. The zero-order chi connectivity index (χ0) is 7.11. The van der Waals surface area contributed by atoms with Crippen molar-refractivity contribution in [3.63, 3.8) is 0 Å². The van der Waals surface area contributed by atoms with Crippen LogP contribution in [0.5, 0.6) is 0 Å². The lowest BCUT2D eigenvalue weighted by atomic mass is 10.6. The van der Waals surface area contributed by atoms with Crippen LogP contribution in [0.3, 0.4) is 0 Å². The van der Waals surface area contributed by atoms with Gasteiger partial charge in [0.25, 0.3) is 0 Å². The Kier molecular flexibility index (Phi) is 7.92. The lowest BCUT2D eigenvalue weighted by Crippen LogP contribution is -1.80. The molecule has 0 spiro atoms. The first-order chi connectivity index (χ1) is 4.27. The SMILES string of the molecule is COSCSSC(C)C. The maximum absolute atomic E-state index is 4.81. The average molecular weight is 184 g/mol. The van der Waals surface area contributed by atoms with Crippen molar-refractivity contribution in [2.45, 2.75) is 19.1 Å². The van der Waals surface area contributed by atoms with Crippen LogP contribution < -0.4 is 0 Å². The van der Waals surface area contributed by atoms with Crippen LogP contribution in [-0.4, -0.2) is 17.4 Å². The molecule has 1 nitrogen and oxygen atoms in total. The van der Waals surface area contributed by atoms with Crippen LogP contribution in [0.4, 0.5) is 0 Å². The van der Waals surface area contributed by atoms with E-state index in [1.165, 1.54) is 12.0 Å². The van der Waals surface area contributed by atoms with Crippen molar-refractivity contribution in [1.82, 2.24) is 0 Å². The van der Waals surface area contributed by atoms with Gasteiger partial charge in [-0.05, 0) is 0 Å². The second kappa shape index (κ2) is 7.12. The summed E-state index contributed by atoms with van der Waals surface area (Å²) in [5.41, 5.74) is 0. The van der Waals surface area contributed by atoms with Crippen molar-refractivity contribution in [3.8, 4) is 0 Å². The van der Waals surface area contributed by atoms with Gasteiger partial charge in [-0.1, -0.05) is 35.4 Å². The number of rotatable bonds is 5. The van der Waals surface area contributed by atoms with Gasteiger partial charge in [-0.3, -0.25) is 0 Å². The highest BCUT2D eigenvalue weighted by molar-refractivity contribution is 8.78. The molecule has 0 aliphatic heterocycles. The predicted molar refractivity (Wildman–Crippen MR) is 49.8 cm³/mol. The molecule has 0 saturated heterocycles. The molecule has 0 aliphatic carbocycles. The monoisotopic (exact) mass is 184 g/mol. The Hall–Kier alpha value is 1.01. The van der Waals surface area contributed by atoms with E-state index < -0.39 is 0 Å². The molecule has 56 valence electrons. The van der Waals surface area contributed by atoms with Crippen molar-refractivity contribution in [3.05, 3.63) is 0 Å². The molecule has 0 radical (unpaired) electrons. The highest BCUT2D eigenvalue weighted by Crippen LogP contribution is 2.29. The molecule has 0 unspecified atom stereocenters. The highest BCUT2D eigenvalue weighted by atomic mass is 33.1. The fourth-order valence-electron chi connectivity index (χ4n) is 0.232. The van der Waals surface area contributed by atoms with Crippen LogP contribution in [0.2, 0.25) is 0 Å². The molecule has 0 aromatic carbocycles. The largest absolute Gasteiger partial charge is 0.318 e. The van der Waals surface area contributed by atoms with Gasteiger partial charge in [0.2, 0.25) is 0 Å². The Balaban J connectivity index is 2.75. The van der Waals surface area contributed by atoms with Gasteiger partial charge in [0.1, 0.15) is 0 Å². The van der Waals surface area contributed by atoms with Crippen molar-refractivity contribution >= 4 is 33.6 Å². The summed E-state index contributed by atoms with van der Waals surface area (Å²) in [7, 11) is 5.43. The zero-order valence-corrected chi connectivity index (χ0v) is 8.37. The lowest BCUT2D eigenvalue weighted by molar-refractivity contribution is 0.492. The Morgan fingerprint density at radius 3 is 2.56 bits per heavy atom. The van der Waals surface area contributed by atoms with E-state index in [0.29, 0.717) is 5.25 Å². The lowest BCUT2D eigenvalue weighted by Gasteiger charge is -2.00. The first-order valence-electron chi connectivity index (χ1n) is 2.71. The van der Waals surface area contributed by atoms with Crippen LogP contribution in [0, 0.1) is 0 Å². The quantitative estimate of drug-likeness (QED) is 0.281. The summed E-state index contributed by atoms with van der Waals surface area (Å²) in [6, 6.07) is 0. The van der Waals surface area contributed by atoms with Gasteiger partial charge in [0.05, 0.1) is 12.2 Å². The molecule has 0 N–H and O–H groups in total. The topological polar surface area (TPSA) is 9.23 Å². The third-order valence-corrected chi connectivity index (χ3v) is 4.43. The van der Waals surface area contributed by atoms with E-state index >= 15 is 0 Å². The van der Waals surface area contributed by atoms with Gasteiger partial charge < -0.3 is 4.18 Å². The molecular weight excluding hydrogens is 172 g/mol. The van der Waals surface area contributed by atoms with Crippen molar-refractivity contribution < 1.29 is 4.18 Å². The van der Waals surface area contributed by atoms with Gasteiger partial charge >= 0.3 is 0 Å². The molecule has 0 rings (SSSR count). The maximum Gasteiger partial charge on any atom is 0.0759 e. The van der Waals surface area contributed by atoms with E-state index in [0.717, 1.165) is 5.08 Å². The van der Waals surface area contributed by atoms with E-state index in [9.17, 15) is 0 Å². The standard InChI is InChI=1S/C5H12OS3/c1-5(2)9-8-4-7-6-3/h5H,4H2,1-3H3. The molecule has 0 aromatic rings. The number of hydrogen-bond donors (Lipinski definition) is 0. The summed E-state index contributed by atoms with van der Waals surface area (Å²) < 4.78 is 4.81. The van der Waals surface area contributed by atoms with Crippen LogP contribution in [0.1, 0.15) is 13.8 Å². The fourth-order valence-corrected chi connectivity index (χ4v) is 2.94. The van der Waals surface area contributed by atoms with E-state index in [2.05, 4.69) is 13.8 Å². The summed E-state index contributed by atoms with van der Waals surface area (Å²) in [6.45, 7) is 4.38. The molecule has 0 aromatic heterocycles. The maximum atomic E-state index is 4.81. The zero-order valence-electron chi connectivity index (χ0n) is 5.92. The van der Waals surface area contributed by atoms with E-state index in [-0.39, 0.29) is 0 Å². The molecule has 0 aliphatic rings. The minimum absolute atomic E-state index is 0.715. The van der Waals surface area contributed by atoms with Crippen molar-refractivity contribution in [2.75, 3.05) is 12.2 Å². The van der Waals surface area contributed by atoms with Gasteiger partial charge in [-0.15, -0.1) is 0 Å². The first kappa shape index (κ1) is 10.0. The molecule has 4 heteroatoms. The highest BCUT2D eigenvalue weighted by Gasteiger charge is 1.93. The number of hydrogen-bond acceptors (Lipinski definition) is 4. The molecule has 0 amide bonds. The summed E-state index contributed by atoms with van der Waals surface area (Å²) >= 11 is 1.49. The molecular formula is C5H12OS3. The molecule has 0 heterocycles. The van der Waals surface area contributed by atoms with Crippen LogP contribution >= 0.6 is 33.6 Å². The second-order valence-electron chi connectivity index (χ2n) is 1.67. The smallest absolute Gasteiger partial charge is 0.0759 e. The van der Waals surface area contributed by atoms with E-state index in [1.54, 1.807) is 7.11 Å². The van der Waals surface area contributed by atoms with Gasteiger partial charge in [-0.2, -0.15) is 0 Å². The van der Waals surface area contributed by atoms with Crippen LogP contribution in [0.25, 0.3) is 0 Å². The minimum Gasteiger partial charge on any atom is -0.318 e. The minimum atomic E-state index is 0.715. The molecule has 0 fully saturated rings. The molecule has 9 heavy (non-hydrogen) atoms. The summed E-state index contributed by atoms with van der Waals surface area (Å²) in [5.74, 6) is 0. The third-order valence-electron chi connectivity index (χ3n) is 0.475. The van der Waals surface area contributed by atoms with Crippen LogP contribution in [-0.2, 0) is 4.18 Å². The Bertz CT molecular complexity index is 58.2. The fraction of sp³-hybridized carbons (Fsp3) is 1.00.